The second-order valence-corrected chi connectivity index (χ2v) is 6.03. The topological polar surface area (TPSA) is 73.2 Å². The molecule has 122 valence electrons. The van der Waals surface area contributed by atoms with Crippen molar-refractivity contribution in [1.29, 1.82) is 5.26 Å². The number of fused-ring (bicyclic) bond motifs is 1. The first-order valence-corrected chi connectivity index (χ1v) is 8.07. The van der Waals surface area contributed by atoms with Gasteiger partial charge < -0.3 is 10.2 Å². The molecule has 1 aliphatic heterocycles. The van der Waals surface area contributed by atoms with Crippen LogP contribution >= 0.6 is 0 Å². The fraction of sp³-hybridized carbons (Fsp3) is 0.316. The van der Waals surface area contributed by atoms with Gasteiger partial charge in [0.2, 0.25) is 5.91 Å². The minimum absolute atomic E-state index is 0.0841. The second-order valence-electron chi connectivity index (χ2n) is 6.03. The molecule has 1 N–H and O–H groups in total. The molecule has 0 unspecified atom stereocenters. The van der Waals surface area contributed by atoms with Crippen LogP contribution in [0.25, 0.3) is 10.8 Å². The zero-order valence-electron chi connectivity index (χ0n) is 13.6. The number of benzene rings is 2. The van der Waals surface area contributed by atoms with Gasteiger partial charge in [0, 0.05) is 12.1 Å². The summed E-state index contributed by atoms with van der Waals surface area (Å²) in [4.78, 5) is 26.3. The van der Waals surface area contributed by atoms with Gasteiger partial charge >= 0.3 is 0 Å². The molecule has 5 nitrogen and oxygen atoms in total. The molecule has 2 amide bonds. The Labute approximate surface area is 140 Å². The largest absolute Gasteiger partial charge is 0.343 e. The third kappa shape index (κ3) is 2.95. The number of carbonyl (C=O) groups excluding carboxylic acids is 2. The molecule has 2 aromatic carbocycles. The van der Waals surface area contributed by atoms with Crippen molar-refractivity contribution in [3.8, 4) is 6.07 Å². The van der Waals surface area contributed by atoms with Crippen LogP contribution in [0.3, 0.4) is 0 Å². The van der Waals surface area contributed by atoms with Crippen LogP contribution in [0.15, 0.2) is 36.4 Å². The summed E-state index contributed by atoms with van der Waals surface area (Å²) in [6, 6.07) is 13.2. The van der Waals surface area contributed by atoms with Crippen molar-refractivity contribution in [3.05, 3.63) is 47.5 Å². The first-order valence-electron chi connectivity index (χ1n) is 8.07. The average molecular weight is 321 g/mol. The van der Waals surface area contributed by atoms with Gasteiger partial charge in [-0.05, 0) is 42.2 Å². The average Bonchev–Trinajstić information content (AvgIpc) is 3.08. The third-order valence-electron chi connectivity index (χ3n) is 4.51. The van der Waals surface area contributed by atoms with E-state index in [-0.39, 0.29) is 24.4 Å². The van der Waals surface area contributed by atoms with Crippen molar-refractivity contribution in [1.82, 2.24) is 10.2 Å². The SMILES string of the molecule is Cc1cccc2c(C(=O)NCC(=O)N3CCC[C@H]3C#N)cccc12. The molecule has 0 radical (unpaired) electrons. The summed E-state index contributed by atoms with van der Waals surface area (Å²) in [7, 11) is 0. The standard InChI is InChI=1S/C19H19N3O2/c1-13-5-2-8-16-15(13)7-3-9-17(16)19(24)21-12-18(23)22-10-4-6-14(22)11-20/h2-3,5,7-9,14H,4,6,10,12H2,1H3,(H,21,24)/t14-/m0/s1. The highest BCUT2D eigenvalue weighted by Crippen LogP contribution is 2.22. The number of amides is 2. The molecule has 0 saturated carbocycles. The van der Waals surface area contributed by atoms with Crippen molar-refractivity contribution >= 4 is 22.6 Å². The highest BCUT2D eigenvalue weighted by atomic mass is 16.2. The minimum atomic E-state index is -0.366. The molecule has 5 heteroatoms. The van der Waals surface area contributed by atoms with Crippen LogP contribution in [0.2, 0.25) is 0 Å². The van der Waals surface area contributed by atoms with E-state index in [1.165, 1.54) is 0 Å². The first-order chi connectivity index (χ1) is 11.6. The van der Waals surface area contributed by atoms with Crippen molar-refractivity contribution in [2.45, 2.75) is 25.8 Å². The fourth-order valence-electron chi connectivity index (χ4n) is 3.22. The Hall–Kier alpha value is -2.87. The van der Waals surface area contributed by atoms with Crippen molar-refractivity contribution in [3.63, 3.8) is 0 Å². The number of nitrogens with zero attached hydrogens (tertiary/aromatic N) is 2. The Morgan fingerprint density at radius 2 is 2.00 bits per heavy atom. The van der Waals surface area contributed by atoms with Gasteiger partial charge in [0.05, 0.1) is 12.6 Å². The van der Waals surface area contributed by atoms with Crippen LogP contribution in [-0.2, 0) is 4.79 Å². The lowest BCUT2D eigenvalue weighted by Crippen LogP contribution is -2.42. The van der Waals surface area contributed by atoms with E-state index >= 15 is 0 Å². The molecule has 0 spiro atoms. The monoisotopic (exact) mass is 321 g/mol. The van der Waals surface area contributed by atoms with Crippen molar-refractivity contribution in [2.24, 2.45) is 0 Å². The molecule has 2 aromatic rings. The molecule has 1 aliphatic rings. The molecule has 1 saturated heterocycles. The molecule has 0 bridgehead atoms. The summed E-state index contributed by atoms with van der Waals surface area (Å²) in [5.74, 6) is -0.476. The quantitative estimate of drug-likeness (QED) is 0.943. The van der Waals surface area contributed by atoms with Gasteiger partial charge in [0.1, 0.15) is 6.04 Å². The van der Waals surface area contributed by atoms with Crippen LogP contribution in [0, 0.1) is 18.3 Å². The number of likely N-dealkylation sites (tertiary alicyclic amines) is 1. The number of hydrogen-bond donors (Lipinski definition) is 1. The summed E-state index contributed by atoms with van der Waals surface area (Å²) in [6.45, 7) is 2.50. The molecular formula is C19H19N3O2. The van der Waals surface area contributed by atoms with Crippen LogP contribution in [0.1, 0.15) is 28.8 Å². The van der Waals surface area contributed by atoms with Crippen LogP contribution in [0.5, 0.6) is 0 Å². The number of hydrogen-bond acceptors (Lipinski definition) is 3. The van der Waals surface area contributed by atoms with E-state index in [4.69, 9.17) is 5.26 Å². The smallest absolute Gasteiger partial charge is 0.252 e. The molecule has 1 heterocycles. The van der Waals surface area contributed by atoms with Gasteiger partial charge in [-0.2, -0.15) is 5.26 Å². The molecule has 1 atom stereocenters. The Bertz CT molecular complexity index is 838. The van der Waals surface area contributed by atoms with Gasteiger partial charge in [-0.25, -0.2) is 0 Å². The van der Waals surface area contributed by atoms with E-state index in [1.54, 1.807) is 11.0 Å². The lowest BCUT2D eigenvalue weighted by atomic mass is 10.0. The van der Waals surface area contributed by atoms with E-state index in [2.05, 4.69) is 11.4 Å². The molecule has 0 aromatic heterocycles. The first kappa shape index (κ1) is 16.0. The zero-order valence-corrected chi connectivity index (χ0v) is 13.6. The fourth-order valence-corrected chi connectivity index (χ4v) is 3.22. The number of nitrogens with one attached hydrogen (secondary N) is 1. The lowest BCUT2D eigenvalue weighted by Gasteiger charge is -2.19. The Kier molecular flexibility index (Phi) is 4.48. The van der Waals surface area contributed by atoms with E-state index in [0.717, 1.165) is 22.8 Å². The maximum atomic E-state index is 12.5. The Morgan fingerprint density at radius 3 is 2.79 bits per heavy atom. The number of carbonyl (C=O) groups is 2. The molecule has 0 aliphatic carbocycles. The predicted molar refractivity (Wildman–Crippen MR) is 91.4 cm³/mol. The zero-order chi connectivity index (χ0) is 17.1. The van der Waals surface area contributed by atoms with E-state index < -0.39 is 0 Å². The summed E-state index contributed by atoms with van der Waals surface area (Å²) >= 11 is 0. The van der Waals surface area contributed by atoms with Gasteiger partial charge in [-0.15, -0.1) is 0 Å². The lowest BCUT2D eigenvalue weighted by molar-refractivity contribution is -0.130. The predicted octanol–water partition coefficient (Wildman–Crippen LogP) is 2.39. The van der Waals surface area contributed by atoms with Crippen LogP contribution in [0.4, 0.5) is 0 Å². The maximum Gasteiger partial charge on any atom is 0.252 e. The van der Waals surface area contributed by atoms with Gasteiger partial charge in [0.25, 0.3) is 5.91 Å². The number of aryl methyl sites for hydroxylation is 1. The van der Waals surface area contributed by atoms with E-state index in [9.17, 15) is 9.59 Å². The highest BCUT2D eigenvalue weighted by molar-refractivity contribution is 6.08. The summed E-state index contributed by atoms with van der Waals surface area (Å²) in [5.41, 5.74) is 1.66. The van der Waals surface area contributed by atoms with Crippen LogP contribution in [-0.4, -0.2) is 35.8 Å². The summed E-state index contributed by atoms with van der Waals surface area (Å²) in [5, 5.41) is 13.6. The van der Waals surface area contributed by atoms with E-state index in [0.29, 0.717) is 18.5 Å². The Morgan fingerprint density at radius 1 is 1.25 bits per heavy atom. The van der Waals surface area contributed by atoms with Gasteiger partial charge in [-0.1, -0.05) is 30.3 Å². The normalized spacial score (nSPS) is 16.8. The van der Waals surface area contributed by atoms with Crippen molar-refractivity contribution < 1.29 is 9.59 Å². The molecule has 3 rings (SSSR count). The van der Waals surface area contributed by atoms with Crippen molar-refractivity contribution in [2.75, 3.05) is 13.1 Å². The molecule has 1 fully saturated rings. The van der Waals surface area contributed by atoms with Gasteiger partial charge in [-0.3, -0.25) is 9.59 Å². The second kappa shape index (κ2) is 6.71. The van der Waals surface area contributed by atoms with Crippen LogP contribution < -0.4 is 5.32 Å². The summed E-state index contributed by atoms with van der Waals surface area (Å²) < 4.78 is 0. The summed E-state index contributed by atoms with van der Waals surface area (Å²) in [6.07, 6.45) is 1.54. The van der Waals surface area contributed by atoms with Gasteiger partial charge in [0.15, 0.2) is 0 Å². The van der Waals surface area contributed by atoms with E-state index in [1.807, 2.05) is 37.3 Å². The Balaban J connectivity index is 1.73. The highest BCUT2D eigenvalue weighted by Gasteiger charge is 2.28. The molecule has 24 heavy (non-hydrogen) atoms. The minimum Gasteiger partial charge on any atom is -0.343 e. The number of nitriles is 1. The third-order valence-corrected chi connectivity index (χ3v) is 4.51. The number of rotatable bonds is 3. The molecular weight excluding hydrogens is 302 g/mol. The maximum absolute atomic E-state index is 12.5.